The summed E-state index contributed by atoms with van der Waals surface area (Å²) < 4.78 is 0. The van der Waals surface area contributed by atoms with Crippen LogP contribution in [0.3, 0.4) is 0 Å². The van der Waals surface area contributed by atoms with Crippen LogP contribution in [0.5, 0.6) is 0 Å². The van der Waals surface area contributed by atoms with E-state index in [1.165, 1.54) is 51.4 Å². The third-order valence-corrected chi connectivity index (χ3v) is 5.13. The van der Waals surface area contributed by atoms with E-state index in [-0.39, 0.29) is 11.6 Å². The second kappa shape index (κ2) is 8.90. The Labute approximate surface area is 137 Å². The van der Waals surface area contributed by atoms with Crippen LogP contribution in [0.2, 0.25) is 0 Å². The molecule has 0 radical (unpaired) electrons. The molecule has 0 aromatic carbocycles. The fourth-order valence-corrected chi connectivity index (χ4v) is 3.22. The number of hydrogen-bond acceptors (Lipinski definition) is 3. The normalized spacial score (nSPS) is 17.5. The smallest absolute Gasteiger partial charge is 0.297 e. The molecule has 1 rings (SSSR count). The van der Waals surface area contributed by atoms with Crippen molar-refractivity contribution >= 4 is 5.97 Å². The van der Waals surface area contributed by atoms with E-state index in [0.717, 1.165) is 12.8 Å². The third kappa shape index (κ3) is 6.28. The molecule has 0 atom stereocenters. The lowest BCUT2D eigenvalue weighted by Gasteiger charge is -2.35. The van der Waals surface area contributed by atoms with E-state index >= 15 is 0 Å². The molecule has 22 heavy (non-hydrogen) atoms. The van der Waals surface area contributed by atoms with Crippen LogP contribution < -0.4 is 0 Å². The predicted molar refractivity (Wildman–Crippen MR) is 90.4 cm³/mol. The van der Waals surface area contributed by atoms with Gasteiger partial charge in [0.05, 0.1) is 5.41 Å². The minimum atomic E-state index is -0.462. The zero-order valence-corrected chi connectivity index (χ0v) is 15.4. The van der Waals surface area contributed by atoms with Crippen molar-refractivity contribution in [2.75, 3.05) is 0 Å². The van der Waals surface area contributed by atoms with Gasteiger partial charge >= 0.3 is 5.97 Å². The monoisotopic (exact) mass is 312 g/mol. The molecule has 0 saturated heterocycles. The first kappa shape index (κ1) is 19.5. The second-order valence-electron chi connectivity index (χ2n) is 8.09. The van der Waals surface area contributed by atoms with Gasteiger partial charge in [-0.2, -0.15) is 4.89 Å². The maximum Gasteiger partial charge on any atom is 0.347 e. The van der Waals surface area contributed by atoms with Crippen LogP contribution in [0.1, 0.15) is 98.8 Å². The molecule has 0 N–H and O–H groups in total. The molecule has 0 bridgehead atoms. The molecule has 3 heteroatoms. The van der Waals surface area contributed by atoms with Crippen LogP contribution in [0.4, 0.5) is 0 Å². The lowest BCUT2D eigenvalue weighted by Crippen LogP contribution is -2.38. The first-order valence-electron chi connectivity index (χ1n) is 9.19. The Hall–Kier alpha value is -0.570. The van der Waals surface area contributed by atoms with Gasteiger partial charge in [-0.15, -0.1) is 0 Å². The number of carbonyl (C=O) groups is 1. The number of hydrogen-bond donors (Lipinski definition) is 0. The number of carbonyl (C=O) groups excluding carboxylic acids is 1. The Balaban J connectivity index is 2.39. The summed E-state index contributed by atoms with van der Waals surface area (Å²) >= 11 is 0. The molecular formula is C19H36O3. The van der Waals surface area contributed by atoms with Gasteiger partial charge in [-0.25, -0.2) is 4.79 Å². The van der Waals surface area contributed by atoms with E-state index in [2.05, 4.69) is 6.92 Å². The Morgan fingerprint density at radius 2 is 1.64 bits per heavy atom. The van der Waals surface area contributed by atoms with Gasteiger partial charge in [-0.1, -0.05) is 51.9 Å². The summed E-state index contributed by atoms with van der Waals surface area (Å²) in [5.74, 6) is 0.259. The van der Waals surface area contributed by atoms with Gasteiger partial charge in [0.2, 0.25) is 0 Å². The van der Waals surface area contributed by atoms with E-state index in [1.807, 2.05) is 27.7 Å². The highest BCUT2D eigenvalue weighted by atomic mass is 17.2. The average molecular weight is 312 g/mol. The zero-order valence-electron chi connectivity index (χ0n) is 15.4. The van der Waals surface area contributed by atoms with Crippen molar-refractivity contribution in [2.24, 2.45) is 11.3 Å². The van der Waals surface area contributed by atoms with E-state index in [0.29, 0.717) is 5.92 Å². The lowest BCUT2D eigenvalue weighted by atomic mass is 9.79. The standard InChI is InChI=1S/C19H36O3/c1-6-7-8-12-15-18(2,3)17(20)21-22-19(4,5)16-13-10-9-11-14-16/h16H,6-15H2,1-5H3. The van der Waals surface area contributed by atoms with Crippen LogP contribution in [0.15, 0.2) is 0 Å². The molecule has 0 aliphatic heterocycles. The quantitative estimate of drug-likeness (QED) is 0.306. The maximum atomic E-state index is 12.3. The van der Waals surface area contributed by atoms with Crippen molar-refractivity contribution in [2.45, 2.75) is 104 Å². The van der Waals surface area contributed by atoms with E-state index in [4.69, 9.17) is 9.78 Å². The highest BCUT2D eigenvalue weighted by Gasteiger charge is 2.36. The lowest BCUT2D eigenvalue weighted by molar-refractivity contribution is -0.343. The zero-order chi connectivity index (χ0) is 16.6. The van der Waals surface area contributed by atoms with Crippen molar-refractivity contribution in [3.05, 3.63) is 0 Å². The van der Waals surface area contributed by atoms with Gasteiger partial charge in [0, 0.05) is 0 Å². The van der Waals surface area contributed by atoms with E-state index in [9.17, 15) is 4.79 Å². The summed E-state index contributed by atoms with van der Waals surface area (Å²) in [5.41, 5.74) is -0.843. The SMILES string of the molecule is CCCCCCC(C)(C)C(=O)OOC(C)(C)C1CCCCC1. The van der Waals surface area contributed by atoms with Crippen molar-refractivity contribution in [1.82, 2.24) is 0 Å². The molecule has 0 amide bonds. The fourth-order valence-electron chi connectivity index (χ4n) is 3.22. The Kier molecular flexibility index (Phi) is 7.88. The molecular weight excluding hydrogens is 276 g/mol. The van der Waals surface area contributed by atoms with Crippen molar-refractivity contribution in [3.8, 4) is 0 Å². The number of unbranched alkanes of at least 4 members (excludes halogenated alkanes) is 3. The summed E-state index contributed by atoms with van der Waals surface area (Å²) in [7, 11) is 0. The van der Waals surface area contributed by atoms with Crippen LogP contribution in [0, 0.1) is 11.3 Å². The molecule has 0 aromatic heterocycles. The Morgan fingerprint density at radius 3 is 2.23 bits per heavy atom. The van der Waals surface area contributed by atoms with Gasteiger partial charge in [-0.3, -0.25) is 4.89 Å². The van der Waals surface area contributed by atoms with Crippen LogP contribution >= 0.6 is 0 Å². The summed E-state index contributed by atoms with van der Waals surface area (Å²) in [6.07, 6.45) is 11.7. The summed E-state index contributed by atoms with van der Waals surface area (Å²) in [6.45, 7) is 10.2. The summed E-state index contributed by atoms with van der Waals surface area (Å²) in [6, 6.07) is 0. The molecule has 3 nitrogen and oxygen atoms in total. The fraction of sp³-hybridized carbons (Fsp3) is 0.947. The van der Waals surface area contributed by atoms with Crippen molar-refractivity contribution in [1.29, 1.82) is 0 Å². The molecule has 130 valence electrons. The maximum absolute atomic E-state index is 12.3. The van der Waals surface area contributed by atoms with Gasteiger partial charge in [0.15, 0.2) is 0 Å². The topological polar surface area (TPSA) is 35.5 Å². The van der Waals surface area contributed by atoms with E-state index < -0.39 is 5.41 Å². The number of rotatable bonds is 9. The van der Waals surface area contributed by atoms with Crippen LogP contribution in [0.25, 0.3) is 0 Å². The van der Waals surface area contributed by atoms with E-state index in [1.54, 1.807) is 0 Å². The van der Waals surface area contributed by atoms with Gasteiger partial charge in [-0.05, 0) is 52.9 Å². The third-order valence-electron chi connectivity index (χ3n) is 5.13. The molecule has 1 aliphatic rings. The van der Waals surface area contributed by atoms with Crippen LogP contribution in [-0.4, -0.2) is 11.6 Å². The summed E-state index contributed by atoms with van der Waals surface area (Å²) in [5, 5.41) is 0. The minimum absolute atomic E-state index is 0.229. The molecule has 0 heterocycles. The Bertz CT molecular complexity index is 328. The molecule has 1 fully saturated rings. The van der Waals surface area contributed by atoms with Gasteiger partial charge in [0.25, 0.3) is 0 Å². The first-order valence-corrected chi connectivity index (χ1v) is 9.19. The predicted octanol–water partition coefficient (Wildman–Crippen LogP) is 5.82. The van der Waals surface area contributed by atoms with Gasteiger partial charge < -0.3 is 0 Å². The average Bonchev–Trinajstić information content (AvgIpc) is 2.50. The Morgan fingerprint density at radius 1 is 1.00 bits per heavy atom. The highest BCUT2D eigenvalue weighted by Crippen LogP contribution is 2.35. The van der Waals surface area contributed by atoms with Crippen molar-refractivity contribution in [3.63, 3.8) is 0 Å². The van der Waals surface area contributed by atoms with Gasteiger partial charge in [0.1, 0.15) is 5.60 Å². The summed E-state index contributed by atoms with van der Waals surface area (Å²) in [4.78, 5) is 23.1. The molecule has 1 aliphatic carbocycles. The van der Waals surface area contributed by atoms with Crippen molar-refractivity contribution < 1.29 is 14.6 Å². The minimum Gasteiger partial charge on any atom is -0.297 e. The molecule has 0 aromatic rings. The second-order valence-corrected chi connectivity index (χ2v) is 8.09. The molecule has 1 saturated carbocycles. The highest BCUT2D eigenvalue weighted by molar-refractivity contribution is 5.75. The molecule has 0 spiro atoms. The first-order chi connectivity index (χ1) is 10.3. The van der Waals surface area contributed by atoms with Crippen LogP contribution in [-0.2, 0) is 14.6 Å². The largest absolute Gasteiger partial charge is 0.347 e. The molecule has 0 unspecified atom stereocenters.